The first-order valence-corrected chi connectivity index (χ1v) is 17.2. The van der Waals surface area contributed by atoms with Crippen molar-refractivity contribution in [2.75, 3.05) is 71.1 Å². The van der Waals surface area contributed by atoms with Crippen molar-refractivity contribution in [2.24, 2.45) is 0 Å². The van der Waals surface area contributed by atoms with Gasteiger partial charge >= 0.3 is 0 Å². The molecule has 2 saturated heterocycles. The van der Waals surface area contributed by atoms with Gasteiger partial charge < -0.3 is 34.6 Å². The molecule has 2 fully saturated rings. The minimum absolute atomic E-state index is 0.000121. The molecule has 1 aromatic carbocycles. The highest BCUT2D eigenvalue weighted by molar-refractivity contribution is 7.89. The van der Waals surface area contributed by atoms with Crippen molar-refractivity contribution in [2.45, 2.75) is 46.8 Å². The lowest BCUT2D eigenvalue weighted by Crippen LogP contribution is -2.47. The molecule has 0 saturated carbocycles. The number of sulfonamides is 2. The predicted octanol–water partition coefficient (Wildman–Crippen LogP) is -0.477. The number of aromatic nitrogens is 1. The number of anilines is 1. The van der Waals surface area contributed by atoms with Crippen LogP contribution in [0.4, 0.5) is 5.69 Å². The third kappa shape index (κ3) is 7.39. The van der Waals surface area contributed by atoms with Crippen LogP contribution in [0.1, 0.15) is 19.3 Å². The van der Waals surface area contributed by atoms with Gasteiger partial charge in [-0.2, -0.15) is 4.31 Å². The van der Waals surface area contributed by atoms with Crippen LogP contribution < -0.4 is 24.4 Å². The molecule has 0 radical (unpaired) electrons. The Hall–Kier alpha value is -2.57. The monoisotopic (exact) mass is 641 g/mol. The molecule has 3 aliphatic rings. The van der Waals surface area contributed by atoms with Gasteiger partial charge in [-0.05, 0) is 37.5 Å². The van der Waals surface area contributed by atoms with E-state index in [9.17, 15) is 21.9 Å². The summed E-state index contributed by atoms with van der Waals surface area (Å²) in [6.45, 7) is 2.06. The van der Waals surface area contributed by atoms with Gasteiger partial charge in [0.25, 0.3) is 0 Å². The number of benzene rings is 1. The molecule has 4 heterocycles. The highest BCUT2D eigenvalue weighted by Gasteiger charge is 2.45. The van der Waals surface area contributed by atoms with Crippen LogP contribution in [-0.2, 0) is 24.8 Å². The van der Waals surface area contributed by atoms with Gasteiger partial charge in [0.15, 0.2) is 0 Å². The molecular weight excluding hydrogens is 602 g/mol. The highest BCUT2D eigenvalue weighted by atomic mass is 32.2. The van der Waals surface area contributed by atoms with E-state index in [-0.39, 0.29) is 42.1 Å². The first-order chi connectivity index (χ1) is 20.5. The third-order valence-electron chi connectivity index (χ3n) is 7.97. The SMILES string of the molecule is CN1CCOc2ncc(S(=O)(=O)N3CCC4(CC3)C[C@@H](NC[C@H](O)COc3cccc(S(=O)(=O)NCCO)c3)CO4)cc21. The number of piperidine rings is 1. The van der Waals surface area contributed by atoms with Crippen LogP contribution in [0.15, 0.2) is 46.3 Å². The van der Waals surface area contributed by atoms with Crippen LogP contribution in [0.2, 0.25) is 0 Å². The number of nitrogens with zero attached hydrogens (tertiary/aromatic N) is 3. The van der Waals surface area contributed by atoms with Gasteiger partial charge in [-0.1, -0.05) is 6.07 Å². The molecule has 238 valence electrons. The van der Waals surface area contributed by atoms with E-state index >= 15 is 0 Å². The maximum absolute atomic E-state index is 13.4. The molecule has 43 heavy (non-hydrogen) atoms. The number of fused-ring (bicyclic) bond motifs is 1. The number of likely N-dealkylation sites (N-methyl/N-ethyl adjacent to an activating group) is 1. The van der Waals surface area contributed by atoms with E-state index in [1.165, 1.54) is 28.7 Å². The van der Waals surface area contributed by atoms with Crippen LogP contribution in [0.3, 0.4) is 0 Å². The zero-order valence-corrected chi connectivity index (χ0v) is 25.6. The van der Waals surface area contributed by atoms with E-state index < -0.39 is 31.8 Å². The number of aliphatic hydroxyl groups excluding tert-OH is 2. The van der Waals surface area contributed by atoms with Crippen molar-refractivity contribution >= 4 is 25.7 Å². The first kappa shape index (κ1) is 31.8. The van der Waals surface area contributed by atoms with Gasteiger partial charge in [0.05, 0.1) is 36.5 Å². The molecule has 4 N–H and O–H groups in total. The van der Waals surface area contributed by atoms with Crippen molar-refractivity contribution in [3.8, 4) is 11.6 Å². The van der Waals surface area contributed by atoms with Crippen molar-refractivity contribution in [3.05, 3.63) is 36.5 Å². The molecule has 1 aromatic heterocycles. The topological polar surface area (TPSA) is 180 Å². The Balaban J connectivity index is 1.08. The maximum atomic E-state index is 13.4. The van der Waals surface area contributed by atoms with Crippen molar-refractivity contribution < 1.29 is 41.3 Å². The fourth-order valence-corrected chi connectivity index (χ4v) is 7.97. The van der Waals surface area contributed by atoms with E-state index in [0.717, 1.165) is 0 Å². The van der Waals surface area contributed by atoms with Gasteiger partial charge in [0.1, 0.15) is 35.7 Å². The van der Waals surface area contributed by atoms with Crippen molar-refractivity contribution in [3.63, 3.8) is 0 Å². The number of rotatable bonds is 12. The van der Waals surface area contributed by atoms with Crippen molar-refractivity contribution in [1.82, 2.24) is 19.3 Å². The second kappa shape index (κ2) is 13.2. The fourth-order valence-electron chi connectivity index (χ4n) is 5.50. The average Bonchev–Trinajstić information content (AvgIpc) is 3.40. The average molecular weight is 642 g/mol. The Labute approximate surface area is 252 Å². The second-order valence-corrected chi connectivity index (χ2v) is 14.7. The summed E-state index contributed by atoms with van der Waals surface area (Å²) in [5.74, 6) is 0.731. The normalized spacial score (nSPS) is 21.4. The van der Waals surface area contributed by atoms with Crippen LogP contribution in [0.25, 0.3) is 0 Å². The standard InChI is InChI=1S/C27H39N5O9S2/c1-31-10-12-39-26-25(31)14-24(17-29-26)43(37,38)32-8-5-27(6-9-32)15-20(18-41-27)28-16-21(34)19-40-22-3-2-4-23(13-22)42(35,36)30-7-11-33/h2-4,13-14,17,20-21,28,30,33-34H,5-12,15-16,18-19H2,1H3/t20-,21+/m1/s1. The molecule has 14 nitrogen and oxygen atoms in total. The number of ether oxygens (including phenoxy) is 3. The Morgan fingerprint density at radius 2 is 1.95 bits per heavy atom. The van der Waals surface area contributed by atoms with Gasteiger partial charge in [0.2, 0.25) is 25.9 Å². The summed E-state index contributed by atoms with van der Waals surface area (Å²) in [5, 5.41) is 22.6. The summed E-state index contributed by atoms with van der Waals surface area (Å²) in [7, 11) is -5.61. The minimum Gasteiger partial charge on any atom is -0.491 e. The summed E-state index contributed by atoms with van der Waals surface area (Å²) in [6.07, 6.45) is 2.31. The molecule has 2 aromatic rings. The zero-order chi connectivity index (χ0) is 30.7. The first-order valence-electron chi connectivity index (χ1n) is 14.2. The largest absolute Gasteiger partial charge is 0.491 e. The predicted molar refractivity (Wildman–Crippen MR) is 156 cm³/mol. The van der Waals surface area contributed by atoms with Crippen LogP contribution in [-0.4, -0.2) is 120 Å². The molecule has 16 heteroatoms. The number of aliphatic hydroxyl groups is 2. The molecule has 0 bridgehead atoms. The lowest BCUT2D eigenvalue weighted by molar-refractivity contribution is -0.0312. The van der Waals surface area contributed by atoms with Gasteiger partial charge in [-0.15, -0.1) is 0 Å². The zero-order valence-electron chi connectivity index (χ0n) is 24.0. The van der Waals surface area contributed by atoms with Gasteiger partial charge in [-0.25, -0.2) is 26.5 Å². The summed E-state index contributed by atoms with van der Waals surface area (Å²) in [6, 6.07) is 7.52. The molecular formula is C27H39N5O9S2. The number of hydrogen-bond donors (Lipinski definition) is 4. The Morgan fingerprint density at radius 3 is 2.72 bits per heavy atom. The summed E-state index contributed by atoms with van der Waals surface area (Å²) in [5.41, 5.74) is 0.234. The summed E-state index contributed by atoms with van der Waals surface area (Å²) < 4.78 is 72.4. The Bertz CT molecular complexity index is 1480. The van der Waals surface area contributed by atoms with E-state index in [0.29, 0.717) is 69.4 Å². The van der Waals surface area contributed by atoms with Crippen LogP contribution in [0, 0.1) is 0 Å². The lowest BCUT2D eigenvalue weighted by Gasteiger charge is -2.38. The van der Waals surface area contributed by atoms with E-state index in [2.05, 4.69) is 15.0 Å². The Morgan fingerprint density at radius 1 is 1.16 bits per heavy atom. The molecule has 2 atom stereocenters. The quantitative estimate of drug-likeness (QED) is 0.234. The second-order valence-electron chi connectivity index (χ2n) is 11.0. The minimum atomic E-state index is -3.77. The molecule has 5 rings (SSSR count). The van der Waals surface area contributed by atoms with E-state index in [1.54, 1.807) is 12.1 Å². The fraction of sp³-hybridized carbons (Fsp3) is 0.593. The molecule has 0 unspecified atom stereocenters. The molecule has 1 spiro atoms. The maximum Gasteiger partial charge on any atom is 0.244 e. The molecule has 3 aliphatic heterocycles. The third-order valence-corrected chi connectivity index (χ3v) is 11.3. The molecule has 0 amide bonds. The molecule has 0 aliphatic carbocycles. The van der Waals surface area contributed by atoms with E-state index in [4.69, 9.17) is 19.3 Å². The van der Waals surface area contributed by atoms with Gasteiger partial charge in [0, 0.05) is 45.3 Å². The lowest BCUT2D eigenvalue weighted by atomic mass is 9.88. The number of hydrogen-bond acceptors (Lipinski definition) is 12. The van der Waals surface area contributed by atoms with Gasteiger partial charge in [-0.3, -0.25) is 0 Å². The van der Waals surface area contributed by atoms with Crippen LogP contribution >= 0.6 is 0 Å². The van der Waals surface area contributed by atoms with Crippen molar-refractivity contribution in [1.29, 1.82) is 0 Å². The Kier molecular flexibility index (Phi) is 9.77. The van der Waals surface area contributed by atoms with E-state index in [1.807, 2.05) is 11.9 Å². The smallest absolute Gasteiger partial charge is 0.244 e. The summed E-state index contributed by atoms with van der Waals surface area (Å²) in [4.78, 5) is 6.31. The van der Waals surface area contributed by atoms with Crippen LogP contribution in [0.5, 0.6) is 11.6 Å². The highest BCUT2D eigenvalue weighted by Crippen LogP contribution is 2.38. The summed E-state index contributed by atoms with van der Waals surface area (Å²) >= 11 is 0. The number of nitrogens with one attached hydrogen (secondary N) is 2. The number of pyridine rings is 1.